The Kier molecular flexibility index (Phi) is 7.83. The zero-order valence-corrected chi connectivity index (χ0v) is 7.89. The van der Waals surface area contributed by atoms with E-state index in [0.717, 1.165) is 12.8 Å². The van der Waals surface area contributed by atoms with Crippen LogP contribution in [-0.4, -0.2) is 12.1 Å². The van der Waals surface area contributed by atoms with E-state index in [1.165, 1.54) is 6.92 Å². The Balaban J connectivity index is 3.05. The molecule has 0 aliphatic rings. The number of carbonyl (C=O) groups excluding carboxylic acids is 1. The van der Waals surface area contributed by atoms with E-state index in [1.807, 2.05) is 6.92 Å². The van der Waals surface area contributed by atoms with Gasteiger partial charge in [0.15, 0.2) is 0 Å². The molecule has 6 heteroatoms. The van der Waals surface area contributed by atoms with Crippen molar-refractivity contribution in [1.29, 1.82) is 0 Å². The minimum absolute atomic E-state index is 0.288. The molecule has 0 aromatic heterocycles. The summed E-state index contributed by atoms with van der Waals surface area (Å²) in [5, 5.41) is 3.52. The molecule has 0 fully saturated rings. The van der Waals surface area contributed by atoms with Crippen LogP contribution in [0.1, 0.15) is 26.7 Å². The lowest BCUT2D eigenvalue weighted by atomic mass is 10.4. The van der Waals surface area contributed by atoms with Crippen molar-refractivity contribution < 1.29 is 13.4 Å². The molecule has 0 aromatic carbocycles. The summed E-state index contributed by atoms with van der Waals surface area (Å²) in [7, 11) is 0. The molecule has 0 rings (SSSR count). The van der Waals surface area contributed by atoms with Crippen LogP contribution in [0.5, 0.6) is 0 Å². The number of oxime groups is 1. The summed E-state index contributed by atoms with van der Waals surface area (Å²) in [5.41, 5.74) is 2.06. The lowest BCUT2D eigenvalue weighted by Crippen LogP contribution is -2.16. The molecule has 0 saturated heterocycles. The van der Waals surface area contributed by atoms with E-state index in [9.17, 15) is 4.79 Å². The maximum absolute atomic E-state index is 10.2. The van der Waals surface area contributed by atoms with Crippen molar-refractivity contribution in [2.24, 2.45) is 5.16 Å². The molecular formula is C6H12N2O3S. The van der Waals surface area contributed by atoms with E-state index in [4.69, 9.17) is 0 Å². The highest BCUT2D eigenvalue weighted by atomic mass is 32.2. The molecule has 1 amide bonds. The SMILES string of the molecule is CCC/C=N/OSONC(C)=O. The molecule has 0 atom stereocenters. The van der Waals surface area contributed by atoms with Gasteiger partial charge in [-0.3, -0.25) is 9.08 Å². The number of hydroxylamine groups is 1. The number of carbonyl (C=O) groups is 1. The molecule has 0 spiro atoms. The van der Waals surface area contributed by atoms with Crippen molar-refractivity contribution in [2.75, 3.05) is 0 Å². The lowest BCUT2D eigenvalue weighted by molar-refractivity contribution is -0.124. The first kappa shape index (κ1) is 11.2. The second kappa shape index (κ2) is 8.35. The van der Waals surface area contributed by atoms with E-state index >= 15 is 0 Å². The third-order valence-corrected chi connectivity index (χ3v) is 1.08. The molecule has 0 bridgehead atoms. The second-order valence-electron chi connectivity index (χ2n) is 1.96. The minimum atomic E-state index is -0.288. The Morgan fingerprint density at radius 2 is 2.50 bits per heavy atom. The predicted octanol–water partition coefficient (Wildman–Crippen LogP) is 1.42. The molecule has 0 saturated carbocycles. The van der Waals surface area contributed by atoms with Gasteiger partial charge in [-0.2, -0.15) is 4.28 Å². The fourth-order valence-corrected chi connectivity index (χ4v) is 0.599. The second-order valence-corrected chi connectivity index (χ2v) is 2.41. The van der Waals surface area contributed by atoms with E-state index < -0.39 is 0 Å². The van der Waals surface area contributed by atoms with Crippen LogP contribution in [-0.2, 0) is 13.4 Å². The van der Waals surface area contributed by atoms with E-state index in [1.54, 1.807) is 6.21 Å². The van der Waals surface area contributed by atoms with Crippen molar-refractivity contribution in [3.05, 3.63) is 0 Å². The molecule has 0 aliphatic carbocycles. The summed E-state index contributed by atoms with van der Waals surface area (Å²) >= 11 is 0.602. The topological polar surface area (TPSA) is 59.9 Å². The average Bonchev–Trinajstić information content (AvgIpc) is 2.02. The summed E-state index contributed by atoms with van der Waals surface area (Å²) in [6, 6.07) is 0. The third-order valence-electron chi connectivity index (χ3n) is 0.785. The van der Waals surface area contributed by atoms with Crippen LogP contribution in [0.25, 0.3) is 0 Å². The smallest absolute Gasteiger partial charge is 0.278 e. The van der Waals surface area contributed by atoms with Crippen LogP contribution in [0.15, 0.2) is 5.16 Å². The Morgan fingerprint density at radius 3 is 3.08 bits per heavy atom. The molecule has 0 aromatic rings. The number of nitrogens with zero attached hydrogens (tertiary/aromatic N) is 1. The highest BCUT2D eigenvalue weighted by Gasteiger charge is 1.90. The van der Waals surface area contributed by atoms with Crippen molar-refractivity contribution in [1.82, 2.24) is 5.48 Å². The molecule has 0 radical (unpaired) electrons. The number of hydrogen-bond donors (Lipinski definition) is 1. The van der Waals surface area contributed by atoms with E-state index in [2.05, 4.69) is 19.2 Å². The van der Waals surface area contributed by atoms with Crippen LogP contribution in [0.4, 0.5) is 0 Å². The Bertz CT molecular complexity index is 152. The quantitative estimate of drug-likeness (QED) is 0.299. The summed E-state index contributed by atoms with van der Waals surface area (Å²) in [6.07, 6.45) is 3.51. The molecule has 1 N–H and O–H groups in total. The molecule has 70 valence electrons. The van der Waals surface area contributed by atoms with Gasteiger partial charge < -0.3 is 0 Å². The molecule has 0 aliphatic heterocycles. The van der Waals surface area contributed by atoms with Crippen molar-refractivity contribution in [3.63, 3.8) is 0 Å². The largest absolute Gasteiger partial charge is 0.290 e. The van der Waals surface area contributed by atoms with Crippen molar-refractivity contribution in [3.8, 4) is 0 Å². The van der Waals surface area contributed by atoms with Crippen LogP contribution >= 0.6 is 12.3 Å². The summed E-state index contributed by atoms with van der Waals surface area (Å²) in [4.78, 5) is 10.2. The van der Waals surface area contributed by atoms with Gasteiger partial charge in [0, 0.05) is 13.1 Å². The van der Waals surface area contributed by atoms with Gasteiger partial charge in [0.1, 0.15) is 0 Å². The number of unbranched alkanes of at least 4 members (excludes halogenated alkanes) is 1. The summed E-state index contributed by atoms with van der Waals surface area (Å²) < 4.78 is 8.99. The Morgan fingerprint density at radius 1 is 1.75 bits per heavy atom. The summed E-state index contributed by atoms with van der Waals surface area (Å²) in [5.74, 6) is -0.288. The molecule has 5 nitrogen and oxygen atoms in total. The first-order valence-corrected chi connectivity index (χ1v) is 4.21. The maximum Gasteiger partial charge on any atom is 0.278 e. The average molecular weight is 192 g/mol. The number of nitrogens with one attached hydrogen (secondary N) is 1. The maximum atomic E-state index is 10.2. The Labute approximate surface area is 75.8 Å². The highest BCUT2D eigenvalue weighted by Crippen LogP contribution is 2.01. The number of amides is 1. The third kappa shape index (κ3) is 9.25. The van der Waals surface area contributed by atoms with Crippen LogP contribution < -0.4 is 5.48 Å². The predicted molar refractivity (Wildman–Crippen MR) is 47.0 cm³/mol. The van der Waals surface area contributed by atoms with Gasteiger partial charge in [-0.05, 0) is 6.42 Å². The van der Waals surface area contributed by atoms with Crippen molar-refractivity contribution >= 4 is 24.4 Å². The van der Waals surface area contributed by atoms with Gasteiger partial charge in [-0.1, -0.05) is 18.5 Å². The molecule has 0 unspecified atom stereocenters. The zero-order chi connectivity index (χ0) is 9.23. The van der Waals surface area contributed by atoms with Crippen LogP contribution in [0, 0.1) is 0 Å². The Hall–Kier alpha value is -0.750. The zero-order valence-electron chi connectivity index (χ0n) is 7.07. The fraction of sp³-hybridized carbons (Fsp3) is 0.667. The highest BCUT2D eigenvalue weighted by molar-refractivity contribution is 7.89. The monoisotopic (exact) mass is 192 g/mol. The molecule has 0 heterocycles. The lowest BCUT2D eigenvalue weighted by Gasteiger charge is -1.96. The van der Waals surface area contributed by atoms with Gasteiger partial charge >= 0.3 is 0 Å². The number of rotatable bonds is 6. The van der Waals surface area contributed by atoms with Crippen LogP contribution in [0.3, 0.4) is 0 Å². The minimum Gasteiger partial charge on any atom is -0.290 e. The van der Waals surface area contributed by atoms with Gasteiger partial charge in [0.25, 0.3) is 12.3 Å². The van der Waals surface area contributed by atoms with Gasteiger partial charge in [-0.15, -0.1) is 0 Å². The van der Waals surface area contributed by atoms with Gasteiger partial charge in [0.2, 0.25) is 5.91 Å². The summed E-state index contributed by atoms with van der Waals surface area (Å²) in [6.45, 7) is 3.37. The molecular weight excluding hydrogens is 180 g/mol. The van der Waals surface area contributed by atoms with Crippen LogP contribution in [0.2, 0.25) is 0 Å². The standard InChI is InChI=1S/C6H12N2O3S/c1-3-4-5-7-10-12-11-8-6(2)9/h5H,3-4H2,1-2H3,(H,8,9)/b7-5+. The van der Waals surface area contributed by atoms with E-state index in [0.29, 0.717) is 12.3 Å². The van der Waals surface area contributed by atoms with Gasteiger partial charge in [-0.25, -0.2) is 5.48 Å². The fourth-order valence-electron chi connectivity index (χ4n) is 0.321. The normalized spacial score (nSPS) is 10.2. The van der Waals surface area contributed by atoms with E-state index in [-0.39, 0.29) is 5.91 Å². The van der Waals surface area contributed by atoms with Crippen molar-refractivity contribution in [2.45, 2.75) is 26.7 Å². The first-order valence-electron chi connectivity index (χ1n) is 3.55. The number of hydrogen-bond acceptors (Lipinski definition) is 5. The van der Waals surface area contributed by atoms with Gasteiger partial charge in [0.05, 0.1) is 0 Å². The molecule has 12 heavy (non-hydrogen) atoms. The first-order chi connectivity index (χ1) is 5.77.